The molecule has 1 aliphatic rings. The number of pyridine rings is 1. The minimum atomic E-state index is 0.111. The summed E-state index contributed by atoms with van der Waals surface area (Å²) in [5, 5.41) is 3.05. The lowest BCUT2D eigenvalue weighted by atomic mass is 10.0. The number of amides is 1. The van der Waals surface area contributed by atoms with Crippen LogP contribution in [0.4, 0.5) is 5.82 Å². The molecular formula is C18H21N3O. The van der Waals surface area contributed by atoms with Crippen LogP contribution in [0.2, 0.25) is 0 Å². The highest BCUT2D eigenvalue weighted by Crippen LogP contribution is 2.34. The zero-order chi connectivity index (χ0) is 15.5. The fourth-order valence-corrected chi connectivity index (χ4v) is 3.14. The first-order valence-electron chi connectivity index (χ1n) is 7.72. The third-order valence-electron chi connectivity index (χ3n) is 4.28. The van der Waals surface area contributed by atoms with Gasteiger partial charge in [-0.05, 0) is 43.5 Å². The Morgan fingerprint density at radius 1 is 1.23 bits per heavy atom. The van der Waals surface area contributed by atoms with Crippen LogP contribution in [0.15, 0.2) is 42.5 Å². The van der Waals surface area contributed by atoms with Gasteiger partial charge in [0.25, 0.3) is 5.91 Å². The quantitative estimate of drug-likeness (QED) is 0.944. The van der Waals surface area contributed by atoms with Crippen molar-refractivity contribution in [3.05, 3.63) is 59.3 Å². The molecule has 1 N–H and O–H groups in total. The molecule has 0 spiro atoms. The number of anilines is 1. The molecule has 2 heterocycles. The minimum absolute atomic E-state index is 0.111. The minimum Gasteiger partial charge on any atom is -0.373 e. The summed E-state index contributed by atoms with van der Waals surface area (Å²) < 4.78 is 0. The standard InChI is InChI=1S/C18H21N3O/c1-13-15(10-11-17(19-2)20-13)16-9-6-12-21(16)18(22)14-7-4-3-5-8-14/h3-5,7-8,10-11,16H,6,9,12H2,1-2H3,(H,19,20)/t16-/m0/s1. The molecule has 2 aromatic rings. The molecule has 1 fully saturated rings. The van der Waals surface area contributed by atoms with Crippen LogP contribution in [0.1, 0.15) is 40.5 Å². The number of rotatable bonds is 3. The second-order valence-electron chi connectivity index (χ2n) is 5.64. The lowest BCUT2D eigenvalue weighted by Crippen LogP contribution is -2.31. The van der Waals surface area contributed by atoms with Crippen LogP contribution < -0.4 is 5.32 Å². The number of hydrogen-bond acceptors (Lipinski definition) is 3. The Kier molecular flexibility index (Phi) is 4.09. The summed E-state index contributed by atoms with van der Waals surface area (Å²) in [6, 6.07) is 13.7. The second kappa shape index (κ2) is 6.18. The molecule has 1 aliphatic heterocycles. The van der Waals surface area contributed by atoms with E-state index >= 15 is 0 Å². The Hall–Kier alpha value is -2.36. The van der Waals surface area contributed by atoms with Crippen molar-refractivity contribution >= 4 is 11.7 Å². The van der Waals surface area contributed by atoms with Crippen LogP contribution in [0, 0.1) is 6.92 Å². The van der Waals surface area contributed by atoms with Crippen molar-refractivity contribution in [2.75, 3.05) is 18.9 Å². The van der Waals surface area contributed by atoms with E-state index in [0.29, 0.717) is 0 Å². The number of aromatic nitrogens is 1. The smallest absolute Gasteiger partial charge is 0.254 e. The Labute approximate surface area is 131 Å². The van der Waals surface area contributed by atoms with E-state index < -0.39 is 0 Å². The molecule has 0 unspecified atom stereocenters. The lowest BCUT2D eigenvalue weighted by molar-refractivity contribution is 0.0735. The van der Waals surface area contributed by atoms with Crippen molar-refractivity contribution in [2.45, 2.75) is 25.8 Å². The summed E-state index contributed by atoms with van der Waals surface area (Å²) in [5.41, 5.74) is 2.90. The molecule has 0 saturated carbocycles. The van der Waals surface area contributed by atoms with E-state index in [9.17, 15) is 4.79 Å². The fourth-order valence-electron chi connectivity index (χ4n) is 3.14. The zero-order valence-corrected chi connectivity index (χ0v) is 13.0. The molecule has 114 valence electrons. The predicted molar refractivity (Wildman–Crippen MR) is 88.0 cm³/mol. The highest BCUT2D eigenvalue weighted by molar-refractivity contribution is 5.94. The third-order valence-corrected chi connectivity index (χ3v) is 4.28. The number of likely N-dealkylation sites (tertiary alicyclic amines) is 1. The highest BCUT2D eigenvalue weighted by atomic mass is 16.2. The Morgan fingerprint density at radius 2 is 2.00 bits per heavy atom. The van der Waals surface area contributed by atoms with E-state index in [1.165, 1.54) is 0 Å². The first-order chi connectivity index (χ1) is 10.7. The van der Waals surface area contributed by atoms with Crippen molar-refractivity contribution < 1.29 is 4.79 Å². The Morgan fingerprint density at radius 3 is 2.68 bits per heavy atom. The van der Waals surface area contributed by atoms with Gasteiger partial charge in [-0.2, -0.15) is 0 Å². The van der Waals surface area contributed by atoms with Crippen LogP contribution in [0.25, 0.3) is 0 Å². The van der Waals surface area contributed by atoms with Gasteiger partial charge in [-0.1, -0.05) is 24.3 Å². The molecule has 0 aliphatic carbocycles. The number of hydrogen-bond donors (Lipinski definition) is 1. The summed E-state index contributed by atoms with van der Waals surface area (Å²) in [7, 11) is 1.86. The summed E-state index contributed by atoms with van der Waals surface area (Å²) in [4.78, 5) is 19.3. The van der Waals surface area contributed by atoms with Gasteiger partial charge in [0.15, 0.2) is 0 Å². The molecule has 3 rings (SSSR count). The van der Waals surface area contributed by atoms with Gasteiger partial charge in [-0.25, -0.2) is 4.98 Å². The number of nitrogens with one attached hydrogen (secondary N) is 1. The molecule has 4 heteroatoms. The van der Waals surface area contributed by atoms with Crippen LogP contribution in [-0.2, 0) is 0 Å². The first-order valence-corrected chi connectivity index (χ1v) is 7.72. The van der Waals surface area contributed by atoms with E-state index in [-0.39, 0.29) is 11.9 Å². The summed E-state index contributed by atoms with van der Waals surface area (Å²) in [6.07, 6.45) is 2.04. The summed E-state index contributed by atoms with van der Waals surface area (Å²) >= 11 is 0. The van der Waals surface area contributed by atoms with Gasteiger partial charge in [-0.15, -0.1) is 0 Å². The molecular weight excluding hydrogens is 274 g/mol. The average molecular weight is 295 g/mol. The fraction of sp³-hybridized carbons (Fsp3) is 0.333. The van der Waals surface area contributed by atoms with Crippen LogP contribution in [0.3, 0.4) is 0 Å². The van der Waals surface area contributed by atoms with Crippen molar-refractivity contribution in [1.29, 1.82) is 0 Å². The molecule has 1 atom stereocenters. The summed E-state index contributed by atoms with van der Waals surface area (Å²) in [5.74, 6) is 0.973. The van der Waals surface area contributed by atoms with E-state index in [1.54, 1.807) is 0 Å². The lowest BCUT2D eigenvalue weighted by Gasteiger charge is -2.26. The normalized spacial score (nSPS) is 17.5. The molecule has 1 amide bonds. The molecule has 4 nitrogen and oxygen atoms in total. The highest BCUT2D eigenvalue weighted by Gasteiger charge is 2.31. The van der Waals surface area contributed by atoms with Crippen molar-refractivity contribution in [1.82, 2.24) is 9.88 Å². The number of carbonyl (C=O) groups is 1. The van der Waals surface area contributed by atoms with Crippen molar-refractivity contribution in [3.8, 4) is 0 Å². The second-order valence-corrected chi connectivity index (χ2v) is 5.64. The molecule has 0 bridgehead atoms. The molecule has 1 aromatic carbocycles. The largest absolute Gasteiger partial charge is 0.373 e. The van der Waals surface area contributed by atoms with Gasteiger partial charge in [0.1, 0.15) is 5.82 Å². The van der Waals surface area contributed by atoms with Gasteiger partial charge in [0, 0.05) is 24.8 Å². The third kappa shape index (κ3) is 2.69. The van der Waals surface area contributed by atoms with Crippen molar-refractivity contribution in [2.24, 2.45) is 0 Å². The SMILES string of the molecule is CNc1ccc([C@@H]2CCCN2C(=O)c2ccccc2)c(C)n1. The maximum Gasteiger partial charge on any atom is 0.254 e. The maximum absolute atomic E-state index is 12.8. The van der Waals surface area contributed by atoms with E-state index in [2.05, 4.69) is 16.4 Å². The van der Waals surface area contributed by atoms with E-state index in [1.807, 2.05) is 55.3 Å². The van der Waals surface area contributed by atoms with Gasteiger partial charge in [-0.3, -0.25) is 4.79 Å². The number of carbonyl (C=O) groups excluding carboxylic acids is 1. The number of nitrogens with zero attached hydrogens (tertiary/aromatic N) is 2. The van der Waals surface area contributed by atoms with Crippen LogP contribution in [0.5, 0.6) is 0 Å². The first kappa shape index (κ1) is 14.6. The zero-order valence-electron chi connectivity index (χ0n) is 13.0. The predicted octanol–water partition coefficient (Wildman–Crippen LogP) is 3.41. The number of benzene rings is 1. The molecule has 22 heavy (non-hydrogen) atoms. The van der Waals surface area contributed by atoms with Crippen LogP contribution in [-0.4, -0.2) is 29.4 Å². The monoisotopic (exact) mass is 295 g/mol. The molecule has 0 radical (unpaired) electrons. The topological polar surface area (TPSA) is 45.2 Å². The van der Waals surface area contributed by atoms with Gasteiger partial charge >= 0.3 is 0 Å². The Bertz CT molecular complexity index is 669. The summed E-state index contributed by atoms with van der Waals surface area (Å²) in [6.45, 7) is 2.82. The molecule has 1 aromatic heterocycles. The average Bonchev–Trinajstić information content (AvgIpc) is 3.04. The number of aryl methyl sites for hydroxylation is 1. The van der Waals surface area contributed by atoms with Gasteiger partial charge < -0.3 is 10.2 Å². The van der Waals surface area contributed by atoms with Crippen molar-refractivity contribution in [3.63, 3.8) is 0 Å². The van der Waals surface area contributed by atoms with E-state index in [0.717, 1.165) is 42.0 Å². The maximum atomic E-state index is 12.8. The van der Waals surface area contributed by atoms with E-state index in [4.69, 9.17) is 0 Å². The Balaban J connectivity index is 1.89. The molecule has 1 saturated heterocycles. The van der Waals surface area contributed by atoms with Gasteiger partial charge in [0.2, 0.25) is 0 Å². The van der Waals surface area contributed by atoms with Crippen LogP contribution >= 0.6 is 0 Å². The van der Waals surface area contributed by atoms with Gasteiger partial charge in [0.05, 0.1) is 6.04 Å².